The van der Waals surface area contributed by atoms with Crippen molar-refractivity contribution in [2.24, 2.45) is 0 Å². The number of hydrogen-bond acceptors (Lipinski definition) is 0. The van der Waals surface area contributed by atoms with E-state index in [1.807, 2.05) is 0 Å². The van der Waals surface area contributed by atoms with Crippen molar-refractivity contribution in [2.75, 3.05) is 0 Å². The van der Waals surface area contributed by atoms with Crippen molar-refractivity contribution in [3.63, 3.8) is 0 Å². The monoisotopic (exact) mass is 644 g/mol. The van der Waals surface area contributed by atoms with Crippen LogP contribution in [0.1, 0.15) is 45.2 Å². The molecule has 2 unspecified atom stereocenters. The largest absolute Gasteiger partial charge is 0.0534 e. The van der Waals surface area contributed by atoms with E-state index in [-0.39, 0.29) is 0 Å². The molecule has 228 valence electrons. The van der Waals surface area contributed by atoms with Gasteiger partial charge in [0.05, 0.1) is 0 Å². The van der Waals surface area contributed by atoms with Gasteiger partial charge in [-0.2, -0.15) is 0 Å². The molecular weight excluding hydrogens is 625 g/mol. The topological polar surface area (TPSA) is 0 Å². The van der Waals surface area contributed by atoms with Crippen LogP contribution in [0, 0.1) is 13.8 Å². The molecule has 2 atom stereocenters. The quantitative estimate of drug-likeness (QED) is 0.144. The number of benzene rings is 11. The van der Waals surface area contributed by atoms with Crippen molar-refractivity contribution < 1.29 is 0 Å². The molecule has 17 aromatic rings. The molecule has 2 aliphatic carbocycles. The van der Waals surface area contributed by atoms with Gasteiger partial charge in [0.2, 0.25) is 0 Å². The van der Waals surface area contributed by atoms with Gasteiger partial charge in [-0.25, -0.2) is 0 Å². The third-order valence-electron chi connectivity index (χ3n) is 16.3. The van der Waals surface area contributed by atoms with E-state index in [1.165, 1.54) is 86.5 Å². The first kappa shape index (κ1) is 22.6. The molecule has 0 heteroatoms. The minimum Gasteiger partial charge on any atom is -0.0534 e. The van der Waals surface area contributed by atoms with Crippen LogP contribution in [0.15, 0.2) is 72.8 Å². The molecule has 0 aliphatic heterocycles. The summed E-state index contributed by atoms with van der Waals surface area (Å²) in [7, 11) is 0. The Morgan fingerprint density at radius 1 is 0.269 bits per heavy atom. The van der Waals surface area contributed by atoms with Gasteiger partial charge in [-0.3, -0.25) is 0 Å². The molecule has 0 nitrogen and oxygen atoms in total. The van der Waals surface area contributed by atoms with Crippen LogP contribution in [-0.2, 0) is 0 Å². The van der Waals surface area contributed by atoms with Gasteiger partial charge in [0.15, 0.2) is 0 Å². The molecule has 0 amide bonds. The number of fused-ring (bicyclic) bond motifs is 12. The fraction of sp³-hybridized carbons (Fsp3) is 0.0769. The van der Waals surface area contributed by atoms with Crippen molar-refractivity contribution in [2.45, 2.75) is 25.7 Å². The van der Waals surface area contributed by atoms with Gasteiger partial charge < -0.3 is 0 Å². The first-order chi connectivity index (χ1) is 25.7. The number of hydrogen-bond donors (Lipinski definition) is 0. The maximum atomic E-state index is 2.59. The fourth-order valence-electron chi connectivity index (χ4n) is 14.8. The standard InChI is InChI=1S/C52H20/c1-15-11-17-13-27-28(14-18(17)12-16(15)2)40-38-26-10-8-24-22-6-4-20-19-3-5-21-23-7-9-25-35-33(23)42-31(21)29(19)41-30(20)32(22)43-34(24)36(26)47-45(38)44(37(25)39(27)40)46(35)51-49(42)48(41)50(43)52(47)51/h3-14,39-40H,1-2H3. The van der Waals surface area contributed by atoms with Crippen LogP contribution < -0.4 is 0 Å². The lowest BCUT2D eigenvalue weighted by Gasteiger charge is -2.43. The van der Waals surface area contributed by atoms with E-state index in [4.69, 9.17) is 0 Å². The van der Waals surface area contributed by atoms with Gasteiger partial charge in [0, 0.05) is 11.8 Å². The van der Waals surface area contributed by atoms with Crippen LogP contribution in [0.5, 0.6) is 0 Å². The average Bonchev–Trinajstić information content (AvgIpc) is 3.98. The lowest BCUT2D eigenvalue weighted by Crippen LogP contribution is -2.28. The summed E-state index contributed by atoms with van der Waals surface area (Å²) in [6.45, 7) is 4.54. The summed E-state index contributed by atoms with van der Waals surface area (Å²) in [6.07, 6.45) is 0. The third-order valence-corrected chi connectivity index (χ3v) is 16.3. The summed E-state index contributed by atoms with van der Waals surface area (Å²) in [5.41, 5.74) is 9.17. The summed E-state index contributed by atoms with van der Waals surface area (Å²) < 4.78 is 0. The van der Waals surface area contributed by atoms with Crippen molar-refractivity contribution in [1.82, 2.24) is 0 Å². The van der Waals surface area contributed by atoms with Gasteiger partial charge in [0.1, 0.15) is 0 Å². The third kappa shape index (κ3) is 1.63. The Balaban J connectivity index is 1.23. The molecule has 0 radical (unpaired) electrons. The molecule has 0 spiro atoms. The van der Waals surface area contributed by atoms with Crippen molar-refractivity contribution in [1.29, 1.82) is 0 Å². The second kappa shape index (κ2) is 5.98. The molecule has 52 heavy (non-hydrogen) atoms. The minimum absolute atomic E-state index is 0.380. The molecular formula is C52H20. The number of rotatable bonds is 0. The Morgan fingerprint density at radius 3 is 0.846 bits per heavy atom. The zero-order valence-electron chi connectivity index (χ0n) is 28.1. The maximum Gasteiger partial charge on any atom is 0.0215 e. The Morgan fingerprint density at radius 2 is 0.519 bits per heavy atom. The smallest absolute Gasteiger partial charge is 0.0215 e. The van der Waals surface area contributed by atoms with E-state index >= 15 is 0 Å². The summed E-state index contributed by atoms with van der Waals surface area (Å²) in [4.78, 5) is 0. The first-order valence-electron chi connectivity index (χ1n) is 19.2. The van der Waals surface area contributed by atoms with E-state index in [0.717, 1.165) is 0 Å². The van der Waals surface area contributed by atoms with Crippen LogP contribution in [0.4, 0.5) is 0 Å². The summed E-state index contributed by atoms with van der Waals surface area (Å²) in [6, 6.07) is 30.2. The van der Waals surface area contributed by atoms with Crippen LogP contribution in [0.25, 0.3) is 162 Å². The normalized spacial score (nSPS) is 18.6. The molecule has 0 N–H and O–H groups in total. The lowest BCUT2D eigenvalue weighted by molar-refractivity contribution is 0.620. The predicted molar refractivity (Wildman–Crippen MR) is 223 cm³/mol. The van der Waals surface area contributed by atoms with Gasteiger partial charge >= 0.3 is 0 Å². The second-order valence-corrected chi connectivity index (χ2v) is 17.7. The maximum absolute atomic E-state index is 2.59. The fourth-order valence-corrected chi connectivity index (χ4v) is 14.8. The van der Waals surface area contributed by atoms with Crippen molar-refractivity contribution >= 4 is 162 Å². The van der Waals surface area contributed by atoms with Gasteiger partial charge in [-0.05, 0) is 209 Å². The Labute approximate surface area is 292 Å². The summed E-state index contributed by atoms with van der Waals surface area (Å²) in [5.74, 6) is 0.760. The molecule has 0 bridgehead atoms. The van der Waals surface area contributed by atoms with Crippen LogP contribution in [0.2, 0.25) is 0 Å². The van der Waals surface area contributed by atoms with Crippen LogP contribution >= 0.6 is 0 Å². The highest BCUT2D eigenvalue weighted by molar-refractivity contribution is 6.69. The van der Waals surface area contributed by atoms with E-state index in [1.54, 1.807) is 108 Å². The molecule has 0 saturated carbocycles. The van der Waals surface area contributed by atoms with Gasteiger partial charge in [0.25, 0.3) is 0 Å². The molecule has 19 rings (SSSR count). The first-order valence-corrected chi connectivity index (χ1v) is 19.2. The Bertz CT molecular complexity index is 4210. The SMILES string of the molecule is Cc1cc2cc3c(cc2cc1C)C1c2c4ccc5c6ccc7c8ccc9c%10ccc%11c(c%12c2c2c4c5c4c6c7c5c8c9c6c%10c%11c%12c7c2c4c5c67)C31. The van der Waals surface area contributed by atoms with Crippen molar-refractivity contribution in [3.8, 4) is 0 Å². The molecule has 0 fully saturated rings. The highest BCUT2D eigenvalue weighted by Crippen LogP contribution is 2.72. The average molecular weight is 645 g/mol. The van der Waals surface area contributed by atoms with E-state index in [9.17, 15) is 0 Å². The number of aryl methyl sites for hydroxylation is 2. The molecule has 2 aliphatic rings. The minimum atomic E-state index is 0.380. The zero-order valence-corrected chi connectivity index (χ0v) is 28.1. The van der Waals surface area contributed by atoms with E-state index in [0.29, 0.717) is 11.8 Å². The molecule has 0 heterocycles. The zero-order chi connectivity index (χ0) is 32.4. The van der Waals surface area contributed by atoms with E-state index < -0.39 is 0 Å². The van der Waals surface area contributed by atoms with Crippen LogP contribution in [0.3, 0.4) is 0 Å². The van der Waals surface area contributed by atoms with E-state index in [2.05, 4.69) is 86.6 Å². The highest BCUT2D eigenvalue weighted by Gasteiger charge is 2.50. The summed E-state index contributed by atoms with van der Waals surface area (Å²) >= 11 is 0. The highest BCUT2D eigenvalue weighted by atomic mass is 14.5. The van der Waals surface area contributed by atoms with Crippen LogP contribution in [-0.4, -0.2) is 0 Å². The predicted octanol–water partition coefficient (Wildman–Crippen LogP) is 14.4. The van der Waals surface area contributed by atoms with Gasteiger partial charge in [-0.1, -0.05) is 72.8 Å². The molecule has 17 aromatic carbocycles. The van der Waals surface area contributed by atoms with Crippen molar-refractivity contribution in [3.05, 3.63) is 106 Å². The van der Waals surface area contributed by atoms with Gasteiger partial charge in [-0.15, -0.1) is 0 Å². The summed E-state index contributed by atoms with van der Waals surface area (Å²) in [5, 5.41) is 46.0. The Hall–Kier alpha value is -6.24. The Kier molecular flexibility index (Phi) is 2.59. The lowest BCUT2D eigenvalue weighted by atomic mass is 9.58. The molecule has 0 saturated heterocycles. The molecule has 0 aromatic heterocycles. The second-order valence-electron chi connectivity index (χ2n) is 17.7.